The number of hydrogen-bond donors (Lipinski definition) is 1. The molecule has 1 aliphatic carbocycles. The van der Waals surface area contributed by atoms with E-state index in [1.807, 2.05) is 0 Å². The predicted molar refractivity (Wildman–Crippen MR) is 77.0 cm³/mol. The van der Waals surface area contributed by atoms with Gasteiger partial charge in [-0.1, -0.05) is 38.3 Å². The Morgan fingerprint density at radius 3 is 2.79 bits per heavy atom. The van der Waals surface area contributed by atoms with Crippen LogP contribution in [0.2, 0.25) is 0 Å². The van der Waals surface area contributed by atoms with Crippen LogP contribution in [-0.4, -0.2) is 30.7 Å². The predicted octanol–water partition coefficient (Wildman–Crippen LogP) is 3.11. The molecule has 1 aliphatic rings. The van der Waals surface area contributed by atoms with Crippen LogP contribution < -0.4 is 0 Å². The first-order valence-electron chi connectivity index (χ1n) is 7.55. The highest BCUT2D eigenvalue weighted by Crippen LogP contribution is 2.35. The number of ether oxygens (including phenoxy) is 1. The zero-order valence-electron chi connectivity index (χ0n) is 12.3. The molecule has 1 fully saturated rings. The highest BCUT2D eigenvalue weighted by Gasteiger charge is 2.32. The number of methoxy groups -OCH3 is 1. The van der Waals surface area contributed by atoms with Gasteiger partial charge in [0.05, 0.1) is 12.2 Å². The van der Waals surface area contributed by atoms with E-state index in [0.717, 1.165) is 25.5 Å². The summed E-state index contributed by atoms with van der Waals surface area (Å²) in [6.45, 7) is 2.20. The van der Waals surface area contributed by atoms with Gasteiger partial charge >= 0.3 is 0 Å². The summed E-state index contributed by atoms with van der Waals surface area (Å²) in [5.74, 6) is 0.422. The van der Waals surface area contributed by atoms with Crippen LogP contribution in [0.25, 0.3) is 0 Å². The molecular formula is C16H28O3. The summed E-state index contributed by atoms with van der Waals surface area (Å²) in [6.07, 6.45) is 12.0. The molecule has 3 nitrogen and oxygen atoms in total. The van der Waals surface area contributed by atoms with Crippen LogP contribution in [0.4, 0.5) is 0 Å². The molecule has 0 aliphatic heterocycles. The van der Waals surface area contributed by atoms with Crippen LogP contribution in [0.5, 0.6) is 0 Å². The second kappa shape index (κ2) is 9.27. The van der Waals surface area contributed by atoms with E-state index in [9.17, 15) is 9.90 Å². The van der Waals surface area contributed by atoms with Gasteiger partial charge in [0.1, 0.15) is 6.29 Å². The highest BCUT2D eigenvalue weighted by molar-refractivity contribution is 5.50. The van der Waals surface area contributed by atoms with Crippen molar-refractivity contribution in [1.29, 1.82) is 0 Å². The van der Waals surface area contributed by atoms with Gasteiger partial charge in [0.15, 0.2) is 0 Å². The third kappa shape index (κ3) is 5.45. The molecule has 0 amide bonds. The zero-order valence-corrected chi connectivity index (χ0v) is 12.3. The molecular weight excluding hydrogens is 240 g/mol. The van der Waals surface area contributed by atoms with Crippen LogP contribution in [0.15, 0.2) is 12.2 Å². The molecule has 19 heavy (non-hydrogen) atoms. The fraction of sp³-hybridized carbons (Fsp3) is 0.812. The number of allylic oxidation sites excluding steroid dienone is 1. The lowest BCUT2D eigenvalue weighted by Crippen LogP contribution is -2.19. The minimum Gasteiger partial charge on any atom is -0.393 e. The van der Waals surface area contributed by atoms with Crippen LogP contribution >= 0.6 is 0 Å². The fourth-order valence-electron chi connectivity index (χ4n) is 2.91. The molecule has 3 heteroatoms. The molecule has 0 heterocycles. The van der Waals surface area contributed by atoms with Gasteiger partial charge in [0.2, 0.25) is 0 Å². The SMILES string of the molecule is CCCCC[C@@H](C=C[C@@H]1CC[C@@H](O)[C@H]1CC=O)OC. The van der Waals surface area contributed by atoms with E-state index >= 15 is 0 Å². The van der Waals surface area contributed by atoms with E-state index in [-0.39, 0.29) is 18.1 Å². The number of aldehydes is 1. The van der Waals surface area contributed by atoms with E-state index in [1.165, 1.54) is 19.3 Å². The average Bonchev–Trinajstić information content (AvgIpc) is 2.76. The van der Waals surface area contributed by atoms with Crippen molar-refractivity contribution >= 4 is 6.29 Å². The minimum atomic E-state index is -0.319. The second-order valence-electron chi connectivity index (χ2n) is 5.53. The van der Waals surface area contributed by atoms with E-state index in [4.69, 9.17) is 4.74 Å². The number of aliphatic hydroxyl groups is 1. The Bertz CT molecular complexity index is 275. The molecule has 1 saturated carbocycles. The average molecular weight is 268 g/mol. The molecule has 1 N–H and O–H groups in total. The Balaban J connectivity index is 2.45. The number of carbonyl (C=O) groups excluding carboxylic acids is 1. The number of unbranched alkanes of at least 4 members (excludes halogenated alkanes) is 2. The van der Waals surface area contributed by atoms with Crippen molar-refractivity contribution in [3.8, 4) is 0 Å². The summed E-state index contributed by atoms with van der Waals surface area (Å²) in [7, 11) is 1.74. The molecule has 0 saturated heterocycles. The Morgan fingerprint density at radius 1 is 1.37 bits per heavy atom. The third-order valence-corrected chi connectivity index (χ3v) is 4.18. The van der Waals surface area contributed by atoms with Gasteiger partial charge in [-0.25, -0.2) is 0 Å². The number of carbonyl (C=O) groups is 1. The quantitative estimate of drug-likeness (QED) is 0.397. The summed E-state index contributed by atoms with van der Waals surface area (Å²) >= 11 is 0. The monoisotopic (exact) mass is 268 g/mol. The molecule has 0 aromatic rings. The Labute approximate surface area is 117 Å². The third-order valence-electron chi connectivity index (χ3n) is 4.18. The van der Waals surface area contributed by atoms with Crippen molar-refractivity contribution < 1.29 is 14.6 Å². The van der Waals surface area contributed by atoms with E-state index in [1.54, 1.807) is 7.11 Å². The molecule has 0 bridgehead atoms. The van der Waals surface area contributed by atoms with Crippen molar-refractivity contribution in [1.82, 2.24) is 0 Å². The van der Waals surface area contributed by atoms with E-state index in [0.29, 0.717) is 12.3 Å². The number of hydrogen-bond acceptors (Lipinski definition) is 3. The van der Waals surface area contributed by atoms with E-state index < -0.39 is 0 Å². The Kier molecular flexibility index (Phi) is 7.99. The van der Waals surface area contributed by atoms with Gasteiger partial charge in [-0.05, 0) is 31.1 Å². The summed E-state index contributed by atoms with van der Waals surface area (Å²) in [5, 5.41) is 9.86. The van der Waals surface area contributed by atoms with E-state index in [2.05, 4.69) is 19.1 Å². The van der Waals surface area contributed by atoms with Gasteiger partial charge in [0, 0.05) is 13.5 Å². The maximum absolute atomic E-state index is 10.7. The van der Waals surface area contributed by atoms with Crippen molar-refractivity contribution in [2.75, 3.05) is 7.11 Å². The lowest BCUT2D eigenvalue weighted by Gasteiger charge is -2.17. The first-order chi connectivity index (χ1) is 9.22. The Morgan fingerprint density at radius 2 is 2.16 bits per heavy atom. The fourth-order valence-corrected chi connectivity index (χ4v) is 2.91. The molecule has 4 atom stereocenters. The van der Waals surface area contributed by atoms with Crippen LogP contribution in [-0.2, 0) is 9.53 Å². The molecule has 1 rings (SSSR count). The standard InChI is InChI=1S/C16H28O3/c1-3-4-5-6-14(19-2)9-7-13-8-10-16(18)15(13)11-12-17/h7,9,12-16,18H,3-6,8,10-11H2,1-2H3/t13-,14+,15+,16-/m1/s1. The summed E-state index contributed by atoms with van der Waals surface area (Å²) in [6, 6.07) is 0. The zero-order chi connectivity index (χ0) is 14.1. The lowest BCUT2D eigenvalue weighted by molar-refractivity contribution is -0.109. The summed E-state index contributed by atoms with van der Waals surface area (Å²) in [4.78, 5) is 10.7. The molecule has 0 unspecified atom stereocenters. The maximum Gasteiger partial charge on any atom is 0.120 e. The van der Waals surface area contributed by atoms with Gasteiger partial charge in [-0.3, -0.25) is 0 Å². The van der Waals surface area contributed by atoms with Crippen molar-refractivity contribution in [2.45, 2.75) is 64.1 Å². The van der Waals surface area contributed by atoms with Gasteiger partial charge in [-0.15, -0.1) is 0 Å². The number of aliphatic hydroxyl groups excluding tert-OH is 1. The second-order valence-corrected chi connectivity index (χ2v) is 5.53. The molecule has 0 spiro atoms. The first kappa shape index (κ1) is 16.4. The maximum atomic E-state index is 10.7. The smallest absolute Gasteiger partial charge is 0.120 e. The molecule has 110 valence electrons. The normalized spacial score (nSPS) is 28.9. The first-order valence-corrected chi connectivity index (χ1v) is 7.55. The highest BCUT2D eigenvalue weighted by atomic mass is 16.5. The topological polar surface area (TPSA) is 46.5 Å². The van der Waals surface area contributed by atoms with Gasteiger partial charge in [0.25, 0.3) is 0 Å². The van der Waals surface area contributed by atoms with Gasteiger partial charge in [-0.2, -0.15) is 0 Å². The van der Waals surface area contributed by atoms with Gasteiger partial charge < -0.3 is 14.6 Å². The largest absolute Gasteiger partial charge is 0.393 e. The number of rotatable bonds is 9. The van der Waals surface area contributed by atoms with Crippen molar-refractivity contribution in [3.63, 3.8) is 0 Å². The van der Waals surface area contributed by atoms with Crippen LogP contribution in [0, 0.1) is 11.8 Å². The summed E-state index contributed by atoms with van der Waals surface area (Å²) in [5.41, 5.74) is 0. The molecule has 0 aromatic heterocycles. The molecule has 0 radical (unpaired) electrons. The lowest BCUT2D eigenvalue weighted by atomic mass is 9.91. The van der Waals surface area contributed by atoms with Crippen LogP contribution in [0.3, 0.4) is 0 Å². The summed E-state index contributed by atoms with van der Waals surface area (Å²) < 4.78 is 5.46. The van der Waals surface area contributed by atoms with Crippen molar-refractivity contribution in [2.24, 2.45) is 11.8 Å². The van der Waals surface area contributed by atoms with Crippen LogP contribution in [0.1, 0.15) is 51.9 Å². The minimum absolute atomic E-state index is 0.0990. The van der Waals surface area contributed by atoms with Crippen molar-refractivity contribution in [3.05, 3.63) is 12.2 Å². The molecule has 0 aromatic carbocycles. The Hall–Kier alpha value is -0.670.